The molecule has 6 nitrogen and oxygen atoms in total. The van der Waals surface area contributed by atoms with Gasteiger partial charge in [0, 0.05) is 28.8 Å². The molecule has 1 aliphatic rings. The molecule has 1 aromatic rings. The number of halogens is 2. The molecule has 2 amide bonds. The molecule has 0 radical (unpaired) electrons. The fourth-order valence-corrected chi connectivity index (χ4v) is 3.77. The van der Waals surface area contributed by atoms with Gasteiger partial charge in [-0.1, -0.05) is 23.2 Å². The van der Waals surface area contributed by atoms with Crippen molar-refractivity contribution in [2.45, 2.75) is 32.2 Å². The highest BCUT2D eigenvalue weighted by Gasteiger charge is 2.27. The Hall–Kier alpha value is -1.34. The smallest absolute Gasteiger partial charge is 0.234 e. The molecule has 1 saturated heterocycles. The summed E-state index contributed by atoms with van der Waals surface area (Å²) in [6, 6.07) is 4.97. The number of nitrogens with zero attached hydrogens (tertiary/aromatic N) is 1. The topological polar surface area (TPSA) is 70.7 Å². The van der Waals surface area contributed by atoms with E-state index in [1.807, 2.05) is 13.8 Å². The van der Waals surface area contributed by atoms with Gasteiger partial charge in [0.15, 0.2) is 0 Å². The van der Waals surface area contributed by atoms with Crippen LogP contribution in [0.2, 0.25) is 10.0 Å². The summed E-state index contributed by atoms with van der Waals surface area (Å²) in [5.74, 6) is -0.167. The van der Waals surface area contributed by atoms with Crippen molar-refractivity contribution in [2.24, 2.45) is 5.92 Å². The number of anilines is 1. The summed E-state index contributed by atoms with van der Waals surface area (Å²) in [7, 11) is 1.61. The number of benzene rings is 1. The third-order valence-corrected chi connectivity index (χ3v) is 4.88. The number of methoxy groups -OCH3 is 1. The van der Waals surface area contributed by atoms with Gasteiger partial charge >= 0.3 is 0 Å². The third-order valence-electron chi connectivity index (χ3n) is 4.44. The van der Waals surface area contributed by atoms with Crippen molar-refractivity contribution in [2.75, 3.05) is 38.7 Å². The highest BCUT2D eigenvalue weighted by molar-refractivity contribution is 6.35. The maximum atomic E-state index is 12.5. The fraction of sp³-hybridized carbons (Fsp3) is 0.579. The molecule has 0 atom stereocenters. The van der Waals surface area contributed by atoms with E-state index >= 15 is 0 Å². The van der Waals surface area contributed by atoms with Crippen LogP contribution in [-0.2, 0) is 14.3 Å². The monoisotopic (exact) mass is 415 g/mol. The molecule has 1 aromatic carbocycles. The van der Waals surface area contributed by atoms with Gasteiger partial charge in [0.25, 0.3) is 0 Å². The summed E-state index contributed by atoms with van der Waals surface area (Å²) < 4.78 is 5.11. The van der Waals surface area contributed by atoms with Gasteiger partial charge in [0.1, 0.15) is 0 Å². The highest BCUT2D eigenvalue weighted by Crippen LogP contribution is 2.24. The number of hydrogen-bond acceptors (Lipinski definition) is 4. The van der Waals surface area contributed by atoms with E-state index in [0.29, 0.717) is 54.8 Å². The van der Waals surface area contributed by atoms with Crippen molar-refractivity contribution in [3.8, 4) is 0 Å². The third kappa shape index (κ3) is 7.30. The minimum absolute atomic E-state index is 0.0338. The van der Waals surface area contributed by atoms with E-state index in [9.17, 15) is 9.59 Å². The Bertz CT molecular complexity index is 654. The van der Waals surface area contributed by atoms with Crippen LogP contribution in [0.15, 0.2) is 18.2 Å². The molecule has 0 bridgehead atoms. The first kappa shape index (κ1) is 22.0. The lowest BCUT2D eigenvalue weighted by atomic mass is 9.95. The molecule has 1 fully saturated rings. The highest BCUT2D eigenvalue weighted by atomic mass is 35.5. The first-order valence-corrected chi connectivity index (χ1v) is 9.73. The zero-order valence-electron chi connectivity index (χ0n) is 16.0. The Morgan fingerprint density at radius 3 is 2.33 bits per heavy atom. The second-order valence-electron chi connectivity index (χ2n) is 7.56. The molecule has 0 saturated carbocycles. The molecule has 1 aliphatic heterocycles. The molecule has 2 rings (SSSR count). The van der Waals surface area contributed by atoms with Crippen LogP contribution >= 0.6 is 23.2 Å². The largest absolute Gasteiger partial charge is 0.382 e. The van der Waals surface area contributed by atoms with Gasteiger partial charge in [-0.15, -0.1) is 0 Å². The lowest BCUT2D eigenvalue weighted by Gasteiger charge is -2.32. The lowest BCUT2D eigenvalue weighted by molar-refractivity contribution is -0.125. The van der Waals surface area contributed by atoms with E-state index in [4.69, 9.17) is 27.9 Å². The molecular weight excluding hydrogens is 389 g/mol. The van der Waals surface area contributed by atoms with Crippen LogP contribution in [0.1, 0.15) is 26.7 Å². The molecule has 0 aromatic heterocycles. The summed E-state index contributed by atoms with van der Waals surface area (Å²) >= 11 is 11.9. The van der Waals surface area contributed by atoms with Crippen molar-refractivity contribution in [3.05, 3.63) is 28.2 Å². The van der Waals surface area contributed by atoms with E-state index < -0.39 is 5.54 Å². The second-order valence-corrected chi connectivity index (χ2v) is 8.44. The molecule has 1 heterocycles. The van der Waals surface area contributed by atoms with Crippen LogP contribution in [0, 0.1) is 5.92 Å². The Balaban J connectivity index is 1.79. The van der Waals surface area contributed by atoms with E-state index in [1.165, 1.54) is 0 Å². The van der Waals surface area contributed by atoms with Crippen LogP contribution in [-0.4, -0.2) is 55.6 Å². The van der Waals surface area contributed by atoms with E-state index in [0.717, 1.165) is 0 Å². The number of nitrogens with one attached hydrogen (secondary N) is 2. The molecule has 2 N–H and O–H groups in total. The summed E-state index contributed by atoms with van der Waals surface area (Å²) in [5, 5.41) is 6.81. The number of carbonyl (C=O) groups excluding carboxylic acids is 2. The van der Waals surface area contributed by atoms with Crippen molar-refractivity contribution < 1.29 is 14.3 Å². The zero-order valence-corrected chi connectivity index (χ0v) is 17.5. The molecule has 0 spiro atoms. The number of amides is 2. The number of ether oxygens (including phenoxy) is 1. The summed E-state index contributed by atoms with van der Waals surface area (Å²) in [6.07, 6.45) is 1.41. The Morgan fingerprint density at radius 1 is 1.19 bits per heavy atom. The minimum Gasteiger partial charge on any atom is -0.382 e. The summed E-state index contributed by atoms with van der Waals surface area (Å²) in [6.45, 7) is 6.03. The molecule has 27 heavy (non-hydrogen) atoms. The number of rotatable bonds is 7. The maximum Gasteiger partial charge on any atom is 0.234 e. The van der Waals surface area contributed by atoms with Gasteiger partial charge < -0.3 is 15.4 Å². The van der Waals surface area contributed by atoms with Crippen molar-refractivity contribution in [1.82, 2.24) is 10.2 Å². The van der Waals surface area contributed by atoms with Gasteiger partial charge in [0.05, 0.1) is 18.7 Å². The zero-order chi connectivity index (χ0) is 20.0. The molecule has 0 aliphatic carbocycles. The number of carbonyl (C=O) groups is 2. The number of piperidine rings is 1. The first-order chi connectivity index (χ1) is 12.7. The van der Waals surface area contributed by atoms with E-state index in [-0.39, 0.29) is 17.7 Å². The fourth-order valence-electron chi connectivity index (χ4n) is 3.24. The maximum absolute atomic E-state index is 12.5. The Morgan fingerprint density at radius 2 is 1.78 bits per heavy atom. The second kappa shape index (κ2) is 9.73. The van der Waals surface area contributed by atoms with E-state index in [1.54, 1.807) is 25.3 Å². The molecule has 150 valence electrons. The quantitative estimate of drug-likeness (QED) is 0.717. The van der Waals surface area contributed by atoms with Gasteiger partial charge in [-0.2, -0.15) is 0 Å². The molecule has 8 heteroatoms. The normalized spacial score (nSPS) is 16.2. The minimum atomic E-state index is -0.401. The Kier molecular flexibility index (Phi) is 7.91. The van der Waals surface area contributed by atoms with Crippen LogP contribution in [0.25, 0.3) is 0 Å². The number of hydrogen-bond donors (Lipinski definition) is 2. The van der Waals surface area contributed by atoms with Crippen LogP contribution < -0.4 is 10.6 Å². The van der Waals surface area contributed by atoms with Gasteiger partial charge in [-0.25, -0.2) is 0 Å². The SMILES string of the molecule is COCC(C)(C)NC(=O)CN1CCC(C(=O)Nc2cc(Cl)cc(Cl)c2)CC1. The van der Waals surface area contributed by atoms with Crippen molar-refractivity contribution >= 4 is 40.7 Å². The molecule has 0 unspecified atom stereocenters. The average molecular weight is 416 g/mol. The average Bonchev–Trinajstić information content (AvgIpc) is 2.53. The summed E-state index contributed by atoms with van der Waals surface area (Å²) in [4.78, 5) is 26.7. The van der Waals surface area contributed by atoms with Gasteiger partial charge in [0.2, 0.25) is 11.8 Å². The summed E-state index contributed by atoms with van der Waals surface area (Å²) in [5.41, 5.74) is 0.196. The molecular formula is C19H27Cl2N3O3. The van der Waals surface area contributed by atoms with Crippen LogP contribution in [0.3, 0.4) is 0 Å². The number of likely N-dealkylation sites (tertiary alicyclic amines) is 1. The van der Waals surface area contributed by atoms with Gasteiger partial charge in [-0.05, 0) is 58.0 Å². The van der Waals surface area contributed by atoms with E-state index in [2.05, 4.69) is 15.5 Å². The standard InChI is InChI=1S/C19H27Cl2N3O3/c1-19(2,12-27-3)23-17(25)11-24-6-4-13(5-7-24)18(26)22-16-9-14(20)8-15(21)10-16/h8-10,13H,4-7,11-12H2,1-3H3,(H,22,26)(H,23,25). The lowest BCUT2D eigenvalue weighted by Crippen LogP contribution is -2.51. The van der Waals surface area contributed by atoms with Crippen LogP contribution in [0.5, 0.6) is 0 Å². The van der Waals surface area contributed by atoms with Crippen molar-refractivity contribution in [1.29, 1.82) is 0 Å². The first-order valence-electron chi connectivity index (χ1n) is 8.98. The van der Waals surface area contributed by atoms with Crippen molar-refractivity contribution in [3.63, 3.8) is 0 Å². The predicted octanol–water partition coefficient (Wildman–Crippen LogP) is 3.19. The van der Waals surface area contributed by atoms with Gasteiger partial charge in [-0.3, -0.25) is 14.5 Å². The Labute approximate surface area is 170 Å². The van der Waals surface area contributed by atoms with Crippen LogP contribution in [0.4, 0.5) is 5.69 Å². The predicted molar refractivity (Wildman–Crippen MR) is 108 cm³/mol.